The normalized spacial score (nSPS) is 19.9. The number of non-ortho nitro benzene ring substituents is 1. The first kappa shape index (κ1) is 22.8. The minimum absolute atomic E-state index is 0.112. The Morgan fingerprint density at radius 3 is 2.46 bits per heavy atom. The number of carbonyl (C=O) groups excluding carboxylic acids is 2. The van der Waals surface area contributed by atoms with Crippen LogP contribution in [0.15, 0.2) is 78.9 Å². The predicted octanol–water partition coefficient (Wildman–Crippen LogP) is 6.11. The molecule has 1 aliphatic heterocycles. The maximum atomic E-state index is 12.7. The second kappa shape index (κ2) is 9.35. The number of Topliss-reactive ketones (excluding diaryl/α,β-unsaturated/α-hetero) is 1. The maximum absolute atomic E-state index is 12.7. The van der Waals surface area contributed by atoms with Gasteiger partial charge in [-0.3, -0.25) is 14.9 Å². The van der Waals surface area contributed by atoms with Gasteiger partial charge in [0, 0.05) is 34.3 Å². The van der Waals surface area contributed by atoms with Crippen LogP contribution >= 0.6 is 11.6 Å². The molecule has 0 aromatic heterocycles. The topological polar surface area (TPSA) is 98.5 Å². The van der Waals surface area contributed by atoms with E-state index in [1.165, 1.54) is 24.3 Å². The summed E-state index contributed by atoms with van der Waals surface area (Å²) in [5.74, 6) is -0.570. The van der Waals surface area contributed by atoms with Crippen LogP contribution in [0, 0.1) is 16.0 Å². The molecule has 0 saturated carbocycles. The molecule has 35 heavy (non-hydrogen) atoms. The van der Waals surface area contributed by atoms with Crippen molar-refractivity contribution in [3.63, 3.8) is 0 Å². The van der Waals surface area contributed by atoms with Gasteiger partial charge >= 0.3 is 5.97 Å². The lowest BCUT2D eigenvalue weighted by Gasteiger charge is -2.37. The zero-order chi connectivity index (χ0) is 24.5. The van der Waals surface area contributed by atoms with Crippen molar-refractivity contribution >= 4 is 34.7 Å². The fourth-order valence-corrected chi connectivity index (χ4v) is 4.91. The predicted molar refractivity (Wildman–Crippen MR) is 132 cm³/mol. The molecule has 3 aromatic rings. The number of carbonyl (C=O) groups is 2. The quantitative estimate of drug-likeness (QED) is 0.148. The molecule has 1 heterocycles. The second-order valence-electron chi connectivity index (χ2n) is 8.63. The van der Waals surface area contributed by atoms with Gasteiger partial charge in [-0.25, -0.2) is 4.79 Å². The van der Waals surface area contributed by atoms with Gasteiger partial charge in [-0.1, -0.05) is 35.9 Å². The molecule has 0 spiro atoms. The number of nitro groups is 1. The summed E-state index contributed by atoms with van der Waals surface area (Å²) in [5.41, 5.74) is 3.63. The third-order valence-electron chi connectivity index (χ3n) is 6.56. The highest BCUT2D eigenvalue weighted by atomic mass is 35.5. The molecule has 2 aliphatic rings. The SMILES string of the molecule is O=C(COC(=O)c1ccc2c(c1)[C@H]1C=CC[C@H]1[C@@H](c1ccc(Cl)cc1)N2)c1ccc([N+](=O)[O-])cc1. The Hall–Kier alpha value is -3.97. The number of anilines is 1. The monoisotopic (exact) mass is 488 g/mol. The average molecular weight is 489 g/mol. The van der Waals surface area contributed by atoms with Crippen molar-refractivity contribution in [1.82, 2.24) is 0 Å². The Morgan fingerprint density at radius 2 is 1.74 bits per heavy atom. The Balaban J connectivity index is 1.30. The van der Waals surface area contributed by atoms with Crippen LogP contribution in [0.4, 0.5) is 11.4 Å². The summed E-state index contributed by atoms with van der Waals surface area (Å²) in [6, 6.07) is 18.5. The summed E-state index contributed by atoms with van der Waals surface area (Å²) < 4.78 is 5.25. The van der Waals surface area contributed by atoms with Gasteiger partial charge < -0.3 is 10.1 Å². The van der Waals surface area contributed by atoms with E-state index in [1.54, 1.807) is 6.07 Å². The number of ketones is 1. The van der Waals surface area contributed by atoms with Gasteiger partial charge in [0.25, 0.3) is 5.69 Å². The summed E-state index contributed by atoms with van der Waals surface area (Å²) in [4.78, 5) is 35.3. The number of hydrogen-bond donors (Lipinski definition) is 1. The van der Waals surface area contributed by atoms with E-state index in [4.69, 9.17) is 16.3 Å². The van der Waals surface area contributed by atoms with Crippen molar-refractivity contribution < 1.29 is 19.2 Å². The fourth-order valence-electron chi connectivity index (χ4n) is 4.79. The lowest BCUT2D eigenvalue weighted by molar-refractivity contribution is -0.384. The highest BCUT2D eigenvalue weighted by molar-refractivity contribution is 6.30. The number of allylic oxidation sites excluding steroid dienone is 2. The Kier molecular flexibility index (Phi) is 6.09. The maximum Gasteiger partial charge on any atom is 0.338 e. The van der Waals surface area contributed by atoms with Crippen LogP contribution < -0.4 is 5.32 Å². The number of nitrogens with one attached hydrogen (secondary N) is 1. The molecule has 7 nitrogen and oxygen atoms in total. The van der Waals surface area contributed by atoms with Gasteiger partial charge in [-0.05, 0) is 65.9 Å². The van der Waals surface area contributed by atoms with Crippen LogP contribution in [0.3, 0.4) is 0 Å². The third-order valence-corrected chi connectivity index (χ3v) is 6.81. The van der Waals surface area contributed by atoms with E-state index < -0.39 is 23.3 Å². The number of nitrogens with zero attached hydrogens (tertiary/aromatic N) is 1. The summed E-state index contributed by atoms with van der Waals surface area (Å²) in [6.07, 6.45) is 5.27. The minimum atomic E-state index is -0.596. The number of rotatable bonds is 6. The molecule has 0 fully saturated rings. The molecule has 5 rings (SSSR count). The molecule has 3 atom stereocenters. The molecule has 0 unspecified atom stereocenters. The summed E-state index contributed by atoms with van der Waals surface area (Å²) in [5, 5.41) is 15.1. The van der Waals surface area contributed by atoms with Crippen molar-refractivity contribution in [2.75, 3.05) is 11.9 Å². The van der Waals surface area contributed by atoms with Crippen molar-refractivity contribution in [2.45, 2.75) is 18.4 Å². The van der Waals surface area contributed by atoms with E-state index in [0.717, 1.165) is 23.2 Å². The Morgan fingerprint density at radius 1 is 1.03 bits per heavy atom. The fraction of sp³-hybridized carbons (Fsp3) is 0.185. The van der Waals surface area contributed by atoms with E-state index >= 15 is 0 Å². The van der Waals surface area contributed by atoms with Crippen LogP contribution in [0.5, 0.6) is 0 Å². The molecular weight excluding hydrogens is 468 g/mol. The highest BCUT2D eigenvalue weighted by Crippen LogP contribution is 2.50. The van der Waals surface area contributed by atoms with Crippen molar-refractivity contribution in [3.05, 3.63) is 116 Å². The van der Waals surface area contributed by atoms with E-state index in [-0.39, 0.29) is 23.2 Å². The van der Waals surface area contributed by atoms with Crippen LogP contribution in [0.2, 0.25) is 5.02 Å². The third kappa shape index (κ3) is 4.55. The summed E-state index contributed by atoms with van der Waals surface area (Å²) >= 11 is 6.07. The van der Waals surface area contributed by atoms with Gasteiger partial charge in [0.2, 0.25) is 0 Å². The number of nitro benzene ring substituents is 1. The molecule has 0 radical (unpaired) electrons. The first-order valence-electron chi connectivity index (χ1n) is 11.2. The van der Waals surface area contributed by atoms with Crippen molar-refractivity contribution in [3.8, 4) is 0 Å². The first-order chi connectivity index (χ1) is 16.9. The van der Waals surface area contributed by atoms with E-state index in [1.807, 2.05) is 36.4 Å². The van der Waals surface area contributed by atoms with E-state index in [2.05, 4.69) is 17.5 Å². The van der Waals surface area contributed by atoms with Crippen LogP contribution in [-0.4, -0.2) is 23.3 Å². The van der Waals surface area contributed by atoms with Gasteiger partial charge in [0.15, 0.2) is 12.4 Å². The smallest absolute Gasteiger partial charge is 0.338 e. The highest BCUT2D eigenvalue weighted by Gasteiger charge is 2.38. The molecule has 1 aliphatic carbocycles. The van der Waals surface area contributed by atoms with Crippen LogP contribution in [-0.2, 0) is 4.74 Å². The number of ether oxygens (including phenoxy) is 1. The standard InChI is InChI=1S/C27H21ClN2O5/c28-19-9-4-17(5-10-19)26-22-3-1-2-21(22)23-14-18(8-13-24(23)29-26)27(32)35-15-25(31)16-6-11-20(12-7-16)30(33)34/h1-2,4-14,21-22,26,29H,3,15H2/t21-,22+,26+/m0/s1. The molecular formula is C27H21ClN2O5. The molecule has 0 bridgehead atoms. The molecule has 0 saturated heterocycles. The van der Waals surface area contributed by atoms with E-state index in [9.17, 15) is 19.7 Å². The lowest BCUT2D eigenvalue weighted by Crippen LogP contribution is -2.29. The number of esters is 1. The zero-order valence-electron chi connectivity index (χ0n) is 18.5. The van der Waals surface area contributed by atoms with Crippen molar-refractivity contribution in [1.29, 1.82) is 0 Å². The number of hydrogen-bond acceptors (Lipinski definition) is 6. The first-order valence-corrected chi connectivity index (χ1v) is 11.6. The average Bonchev–Trinajstić information content (AvgIpc) is 3.37. The van der Waals surface area contributed by atoms with Crippen molar-refractivity contribution in [2.24, 2.45) is 5.92 Å². The Labute approximate surface area is 206 Å². The molecule has 3 aromatic carbocycles. The molecule has 0 amide bonds. The van der Waals surface area contributed by atoms with Gasteiger partial charge in [0.05, 0.1) is 16.5 Å². The number of benzene rings is 3. The van der Waals surface area contributed by atoms with Crippen LogP contribution in [0.1, 0.15) is 50.2 Å². The number of fused-ring (bicyclic) bond motifs is 3. The number of halogens is 1. The largest absolute Gasteiger partial charge is 0.454 e. The molecule has 8 heteroatoms. The van der Waals surface area contributed by atoms with E-state index in [0.29, 0.717) is 16.5 Å². The summed E-state index contributed by atoms with van der Waals surface area (Å²) in [6.45, 7) is -0.448. The molecule has 176 valence electrons. The van der Waals surface area contributed by atoms with Gasteiger partial charge in [-0.2, -0.15) is 0 Å². The zero-order valence-corrected chi connectivity index (χ0v) is 19.3. The summed E-state index contributed by atoms with van der Waals surface area (Å²) in [7, 11) is 0. The van der Waals surface area contributed by atoms with Gasteiger partial charge in [-0.15, -0.1) is 0 Å². The Bertz CT molecular complexity index is 1330. The van der Waals surface area contributed by atoms with Crippen LogP contribution in [0.25, 0.3) is 0 Å². The minimum Gasteiger partial charge on any atom is -0.454 e. The van der Waals surface area contributed by atoms with Gasteiger partial charge in [0.1, 0.15) is 0 Å². The second-order valence-corrected chi connectivity index (χ2v) is 9.07. The lowest BCUT2D eigenvalue weighted by atomic mass is 9.76. The molecule has 1 N–H and O–H groups in total.